The molecule has 9 nitrogen and oxygen atoms in total. The normalized spacial score (nSPS) is 26.0. The molecule has 1 aromatic rings. The van der Waals surface area contributed by atoms with E-state index < -0.39 is 46.7 Å². The maximum absolute atomic E-state index is 12.2. The van der Waals surface area contributed by atoms with Crippen LogP contribution in [0.2, 0.25) is 0 Å². The van der Waals surface area contributed by atoms with Crippen LogP contribution >= 0.6 is 0 Å². The number of nitrogens with zero attached hydrogens (tertiary/aromatic N) is 2. The second kappa shape index (κ2) is 6.25. The molecule has 2 aliphatic heterocycles. The summed E-state index contributed by atoms with van der Waals surface area (Å²) in [6.07, 6.45) is -0.852. The van der Waals surface area contributed by atoms with E-state index in [0.29, 0.717) is 5.56 Å². The summed E-state index contributed by atoms with van der Waals surface area (Å²) in [5.74, 6) is -2.32. The van der Waals surface area contributed by atoms with Gasteiger partial charge in [0, 0.05) is 18.6 Å². The second-order valence-corrected chi connectivity index (χ2v) is 6.18. The summed E-state index contributed by atoms with van der Waals surface area (Å²) in [5, 5.41) is 20.2. The smallest absolute Gasteiger partial charge is 0.337 e. The van der Waals surface area contributed by atoms with Crippen molar-refractivity contribution >= 4 is 23.3 Å². The number of nitro groups is 1. The number of ketones is 1. The van der Waals surface area contributed by atoms with E-state index in [2.05, 4.69) is 0 Å². The highest BCUT2D eigenvalue weighted by Gasteiger charge is 2.61. The number of carbonyl (C=O) groups excluding carboxylic acids is 3. The molecule has 3 rings (SSSR count). The van der Waals surface area contributed by atoms with Crippen LogP contribution in [0.1, 0.15) is 18.9 Å². The summed E-state index contributed by atoms with van der Waals surface area (Å²) in [5.41, 5.74) is 0.442. The van der Waals surface area contributed by atoms with Gasteiger partial charge in [0.25, 0.3) is 5.69 Å². The van der Waals surface area contributed by atoms with Crippen molar-refractivity contribution in [1.29, 1.82) is 0 Å². The zero-order valence-electron chi connectivity index (χ0n) is 13.3. The summed E-state index contributed by atoms with van der Waals surface area (Å²) in [7, 11) is 0. The van der Waals surface area contributed by atoms with Crippen molar-refractivity contribution in [2.75, 3.05) is 0 Å². The number of esters is 1. The lowest BCUT2D eigenvalue weighted by Gasteiger charge is -2.45. The molecule has 9 heteroatoms. The molecule has 0 aromatic heterocycles. The Balaban J connectivity index is 1.63. The maximum atomic E-state index is 12.2. The fourth-order valence-electron chi connectivity index (χ4n) is 3.33. The van der Waals surface area contributed by atoms with Crippen LogP contribution in [-0.4, -0.2) is 50.8 Å². The van der Waals surface area contributed by atoms with Gasteiger partial charge >= 0.3 is 5.97 Å². The third kappa shape index (κ3) is 2.86. The van der Waals surface area contributed by atoms with Gasteiger partial charge in [-0.1, -0.05) is 0 Å². The third-order valence-electron chi connectivity index (χ3n) is 4.58. The van der Waals surface area contributed by atoms with Crippen molar-refractivity contribution in [3.8, 4) is 0 Å². The minimum Gasteiger partial charge on any atom is -0.459 e. The molecular weight excluding hydrogens is 332 g/mol. The van der Waals surface area contributed by atoms with Crippen molar-refractivity contribution in [3.63, 3.8) is 0 Å². The third-order valence-corrected chi connectivity index (χ3v) is 4.58. The SMILES string of the molecule is C[C@@H](O)[C@@H]1C(=O)N2C(C(=O)OCc3ccc([N+](=O)[O-])cc3)C(=O)CC12. The number of aliphatic hydroxyl groups is 1. The van der Waals surface area contributed by atoms with Crippen molar-refractivity contribution in [1.82, 2.24) is 4.90 Å². The molecule has 0 bridgehead atoms. The monoisotopic (exact) mass is 348 g/mol. The molecule has 0 aliphatic carbocycles. The Morgan fingerprint density at radius 3 is 2.60 bits per heavy atom. The first kappa shape index (κ1) is 17.0. The van der Waals surface area contributed by atoms with E-state index >= 15 is 0 Å². The molecule has 132 valence electrons. The van der Waals surface area contributed by atoms with Crippen molar-refractivity contribution in [2.24, 2.45) is 5.92 Å². The van der Waals surface area contributed by atoms with Gasteiger partial charge in [0.05, 0.1) is 23.0 Å². The lowest BCUT2D eigenvalue weighted by Crippen LogP contribution is -2.64. The molecule has 0 radical (unpaired) electrons. The lowest BCUT2D eigenvalue weighted by atomic mass is 9.84. The van der Waals surface area contributed by atoms with Gasteiger partial charge in [0.1, 0.15) is 6.61 Å². The molecule has 2 aliphatic rings. The van der Waals surface area contributed by atoms with Crippen LogP contribution in [-0.2, 0) is 25.7 Å². The molecule has 4 atom stereocenters. The Bertz CT molecular complexity index is 743. The molecule has 0 saturated carbocycles. The molecule has 2 unspecified atom stereocenters. The van der Waals surface area contributed by atoms with Crippen LogP contribution in [0.4, 0.5) is 5.69 Å². The quantitative estimate of drug-likeness (QED) is 0.264. The van der Waals surface area contributed by atoms with Crippen molar-refractivity contribution in [3.05, 3.63) is 39.9 Å². The number of amides is 1. The van der Waals surface area contributed by atoms with Gasteiger partial charge in [0.2, 0.25) is 5.91 Å². The maximum Gasteiger partial charge on any atom is 0.337 e. The molecule has 1 N–H and O–H groups in total. The average Bonchev–Trinajstić information content (AvgIpc) is 2.85. The standard InChI is InChI=1S/C16H16N2O7/c1-8(19)13-11-6-12(20)14(17(11)15(13)21)16(22)25-7-9-2-4-10(5-3-9)18(23)24/h2-5,8,11,13-14,19H,6-7H2,1H3/t8-,11?,13+,14?/m1/s1. The number of carbonyl (C=O) groups is 3. The number of hydrogen-bond donors (Lipinski definition) is 1. The summed E-state index contributed by atoms with van der Waals surface area (Å²) in [4.78, 5) is 47.6. The van der Waals surface area contributed by atoms with Gasteiger partial charge in [-0.3, -0.25) is 19.7 Å². The van der Waals surface area contributed by atoms with Crippen LogP contribution in [0.15, 0.2) is 24.3 Å². The summed E-state index contributed by atoms with van der Waals surface area (Å²) < 4.78 is 5.09. The number of ether oxygens (including phenoxy) is 1. The van der Waals surface area contributed by atoms with Gasteiger partial charge < -0.3 is 14.7 Å². The zero-order chi connectivity index (χ0) is 18.3. The Morgan fingerprint density at radius 2 is 2.04 bits per heavy atom. The van der Waals surface area contributed by atoms with Crippen LogP contribution in [0.3, 0.4) is 0 Å². The van der Waals surface area contributed by atoms with Gasteiger partial charge in [0.15, 0.2) is 11.8 Å². The van der Waals surface area contributed by atoms with Gasteiger partial charge in [-0.05, 0) is 24.6 Å². The Hall–Kier alpha value is -2.81. The molecule has 0 spiro atoms. The van der Waals surface area contributed by atoms with Crippen molar-refractivity contribution < 1.29 is 29.2 Å². The van der Waals surface area contributed by atoms with E-state index in [-0.39, 0.29) is 18.7 Å². The first-order chi connectivity index (χ1) is 11.8. The molecule has 1 aromatic carbocycles. The number of rotatable bonds is 5. The summed E-state index contributed by atoms with van der Waals surface area (Å²) in [6.45, 7) is 1.32. The number of non-ortho nitro benzene ring substituents is 1. The molecule has 1 amide bonds. The minimum absolute atomic E-state index is 0.0264. The minimum atomic E-state index is -1.27. The highest BCUT2D eigenvalue weighted by Crippen LogP contribution is 2.40. The zero-order valence-corrected chi connectivity index (χ0v) is 13.3. The topological polar surface area (TPSA) is 127 Å². The lowest BCUT2D eigenvalue weighted by molar-refractivity contribution is -0.384. The first-order valence-corrected chi connectivity index (χ1v) is 7.74. The highest BCUT2D eigenvalue weighted by atomic mass is 16.6. The number of hydrogen-bond acceptors (Lipinski definition) is 7. The van der Waals surface area contributed by atoms with E-state index in [1.54, 1.807) is 0 Å². The molecule has 2 fully saturated rings. The van der Waals surface area contributed by atoms with Crippen LogP contribution in [0.5, 0.6) is 0 Å². The fourth-order valence-corrected chi connectivity index (χ4v) is 3.33. The predicted octanol–water partition coefficient (Wildman–Crippen LogP) is 0.187. The van der Waals surface area contributed by atoms with Gasteiger partial charge in [-0.25, -0.2) is 4.79 Å². The van der Waals surface area contributed by atoms with Gasteiger partial charge in [-0.2, -0.15) is 0 Å². The largest absolute Gasteiger partial charge is 0.459 e. The van der Waals surface area contributed by atoms with Crippen LogP contribution in [0, 0.1) is 16.0 Å². The average molecular weight is 348 g/mol. The van der Waals surface area contributed by atoms with E-state index in [0.717, 1.165) is 0 Å². The predicted molar refractivity (Wildman–Crippen MR) is 82.1 cm³/mol. The van der Waals surface area contributed by atoms with E-state index in [4.69, 9.17) is 4.74 Å². The van der Waals surface area contributed by atoms with E-state index in [1.807, 2.05) is 0 Å². The van der Waals surface area contributed by atoms with Crippen molar-refractivity contribution in [2.45, 2.75) is 38.1 Å². The number of β-lactam (4-membered cyclic amide) rings is 1. The molecule has 25 heavy (non-hydrogen) atoms. The fraction of sp³-hybridized carbons (Fsp3) is 0.438. The molecular formula is C16H16N2O7. The highest BCUT2D eigenvalue weighted by molar-refractivity contribution is 6.11. The number of benzene rings is 1. The number of Topliss-reactive ketones (excluding diaryl/α,β-unsaturated/α-hetero) is 1. The summed E-state index contributed by atoms with van der Waals surface area (Å²) >= 11 is 0. The molecule has 2 heterocycles. The van der Waals surface area contributed by atoms with Gasteiger partial charge in [-0.15, -0.1) is 0 Å². The number of fused-ring (bicyclic) bond motifs is 1. The molecule has 2 saturated heterocycles. The Kier molecular flexibility index (Phi) is 4.25. The second-order valence-electron chi connectivity index (χ2n) is 6.18. The van der Waals surface area contributed by atoms with E-state index in [9.17, 15) is 29.6 Å². The van der Waals surface area contributed by atoms with Crippen LogP contribution < -0.4 is 0 Å². The van der Waals surface area contributed by atoms with Crippen LogP contribution in [0.25, 0.3) is 0 Å². The Labute approximate surface area is 142 Å². The summed E-state index contributed by atoms with van der Waals surface area (Å²) in [6, 6.07) is 3.73. The van der Waals surface area contributed by atoms with E-state index in [1.165, 1.54) is 36.1 Å². The Morgan fingerprint density at radius 1 is 1.40 bits per heavy atom. The number of aliphatic hydroxyl groups excluding tert-OH is 1. The first-order valence-electron chi connectivity index (χ1n) is 7.74. The number of nitro benzene ring substituents is 1.